The van der Waals surface area contributed by atoms with Gasteiger partial charge in [0, 0.05) is 29.7 Å². The van der Waals surface area contributed by atoms with Gasteiger partial charge in [-0.2, -0.15) is 17.6 Å². The minimum atomic E-state index is -5.02. The number of hydrogen-bond donors (Lipinski definition) is 2. The molecule has 1 aliphatic carbocycles. The van der Waals surface area contributed by atoms with Crippen molar-refractivity contribution in [3.05, 3.63) is 86.3 Å². The number of amides is 1. The monoisotopic (exact) mass is 557 g/mol. The fourth-order valence-corrected chi connectivity index (χ4v) is 4.17. The number of aromatic nitrogens is 2. The van der Waals surface area contributed by atoms with Crippen molar-refractivity contribution in [1.29, 1.82) is 0 Å². The third-order valence-electron chi connectivity index (χ3n) is 6.44. The predicted octanol–water partition coefficient (Wildman–Crippen LogP) is 5.19. The summed E-state index contributed by atoms with van der Waals surface area (Å²) in [6.45, 7) is 0.841. The largest absolute Gasteiger partial charge is 0.417 e. The minimum absolute atomic E-state index is 0.119. The maximum Gasteiger partial charge on any atom is 0.417 e. The van der Waals surface area contributed by atoms with Gasteiger partial charge < -0.3 is 15.0 Å². The fraction of sp³-hybridized carbons (Fsp3) is 0.346. The van der Waals surface area contributed by atoms with Crippen LogP contribution >= 0.6 is 0 Å². The van der Waals surface area contributed by atoms with Crippen LogP contribution in [0.1, 0.15) is 42.1 Å². The Kier molecular flexibility index (Phi) is 8.09. The molecule has 1 aromatic heterocycles. The van der Waals surface area contributed by atoms with Crippen molar-refractivity contribution >= 4 is 5.91 Å². The van der Waals surface area contributed by atoms with Crippen molar-refractivity contribution in [3.63, 3.8) is 0 Å². The highest BCUT2D eigenvalue weighted by Crippen LogP contribution is 2.38. The molecule has 0 radical (unpaired) electrons. The Hall–Kier alpha value is -3.74. The molecule has 13 heteroatoms. The van der Waals surface area contributed by atoms with E-state index in [1.807, 2.05) is 4.98 Å². The maximum absolute atomic E-state index is 15.4. The molecule has 39 heavy (non-hydrogen) atoms. The third-order valence-corrected chi connectivity index (χ3v) is 6.44. The van der Waals surface area contributed by atoms with Crippen LogP contribution in [-0.2, 0) is 35.3 Å². The molecule has 0 saturated heterocycles. The summed E-state index contributed by atoms with van der Waals surface area (Å²) >= 11 is 0. The highest BCUT2D eigenvalue weighted by atomic mass is 19.4. The van der Waals surface area contributed by atoms with Crippen LogP contribution in [-0.4, -0.2) is 22.0 Å². The van der Waals surface area contributed by atoms with Crippen LogP contribution in [0, 0.1) is 29.2 Å². The highest BCUT2D eigenvalue weighted by molar-refractivity contribution is 5.79. The number of ether oxygens (including phenoxy) is 1. The van der Waals surface area contributed by atoms with Crippen LogP contribution in [0.25, 0.3) is 11.4 Å². The molecule has 3 aromatic rings. The number of hydrogen-bond acceptors (Lipinski definition) is 4. The number of rotatable bonds is 8. The molecule has 208 valence electrons. The van der Waals surface area contributed by atoms with Crippen molar-refractivity contribution in [2.45, 2.75) is 51.6 Å². The van der Waals surface area contributed by atoms with Gasteiger partial charge in [-0.1, -0.05) is 19.1 Å². The lowest BCUT2D eigenvalue weighted by Gasteiger charge is -2.34. The molecule has 2 aromatic carbocycles. The van der Waals surface area contributed by atoms with Crippen LogP contribution < -0.4 is 10.9 Å². The molecule has 0 atom stereocenters. The number of nitrogens with one attached hydrogen (secondary N) is 2. The summed E-state index contributed by atoms with van der Waals surface area (Å²) < 4.78 is 102. The minimum Gasteiger partial charge on any atom is -0.373 e. The van der Waals surface area contributed by atoms with E-state index in [0.717, 1.165) is 18.2 Å². The molecule has 1 fully saturated rings. The molecular formula is C26H22F7N3O3. The van der Waals surface area contributed by atoms with Crippen molar-refractivity contribution < 1.29 is 40.3 Å². The van der Waals surface area contributed by atoms with Gasteiger partial charge in [0.25, 0.3) is 5.56 Å². The summed E-state index contributed by atoms with van der Waals surface area (Å²) in [5.74, 6) is -5.93. The molecule has 4 rings (SSSR count). The van der Waals surface area contributed by atoms with Gasteiger partial charge >= 0.3 is 6.18 Å². The first kappa shape index (κ1) is 28.3. The Labute approximate surface area is 217 Å². The van der Waals surface area contributed by atoms with E-state index in [1.54, 1.807) is 0 Å². The van der Waals surface area contributed by atoms with Crippen molar-refractivity contribution in [3.8, 4) is 11.4 Å². The van der Waals surface area contributed by atoms with Crippen LogP contribution in [0.2, 0.25) is 0 Å². The first-order chi connectivity index (χ1) is 18.4. The third kappa shape index (κ3) is 6.13. The van der Waals surface area contributed by atoms with E-state index in [4.69, 9.17) is 4.74 Å². The lowest BCUT2D eigenvalue weighted by molar-refractivity contribution is -0.137. The number of aromatic amines is 1. The molecule has 1 saturated carbocycles. The quantitative estimate of drug-likeness (QED) is 0.374. The fourth-order valence-electron chi connectivity index (χ4n) is 4.17. The lowest BCUT2D eigenvalue weighted by atomic mass is 9.81. The number of carbonyl (C=O) groups is 1. The molecule has 1 amide bonds. The van der Waals surface area contributed by atoms with E-state index < -0.39 is 76.0 Å². The van der Waals surface area contributed by atoms with Gasteiger partial charge in [-0.25, -0.2) is 18.2 Å². The highest BCUT2D eigenvalue weighted by Gasteiger charge is 2.38. The maximum atomic E-state index is 15.4. The number of H-pyrrole nitrogens is 1. The number of alkyl halides is 3. The van der Waals surface area contributed by atoms with Gasteiger partial charge in [0.15, 0.2) is 0 Å². The number of halogens is 7. The zero-order valence-corrected chi connectivity index (χ0v) is 20.4. The van der Waals surface area contributed by atoms with Gasteiger partial charge in [-0.15, -0.1) is 0 Å². The number of nitrogens with zero attached hydrogens (tertiary/aromatic N) is 1. The second kappa shape index (κ2) is 11.2. The first-order valence-corrected chi connectivity index (χ1v) is 11.9. The predicted molar refractivity (Wildman–Crippen MR) is 124 cm³/mol. The summed E-state index contributed by atoms with van der Waals surface area (Å²) in [6, 6.07) is 4.52. The van der Waals surface area contributed by atoms with Gasteiger partial charge in [0.1, 0.15) is 23.3 Å². The number of carbonyl (C=O) groups excluding carboxylic acids is 1. The second-order valence-corrected chi connectivity index (χ2v) is 9.04. The van der Waals surface area contributed by atoms with Gasteiger partial charge in [-0.3, -0.25) is 9.59 Å². The standard InChI is InChI=1S/C26H22F7N3O3/c1-2-19-22(30)25(38)36-23(35-19)20-17(26(31,32)33)6-4-12(21(20)29)10-34-24(37)14-7-16(8-14)39-11-13-3-5-15(27)9-18(13)28/h3-6,9,14,16H,2,7-8,10-11H2,1H3,(H,34,37)(H,35,36,38)/t14-,16-. The van der Waals surface area contributed by atoms with Gasteiger partial charge in [-0.05, 0) is 31.4 Å². The van der Waals surface area contributed by atoms with Crippen molar-refractivity contribution in [2.24, 2.45) is 5.92 Å². The smallest absolute Gasteiger partial charge is 0.373 e. The molecule has 0 aliphatic heterocycles. The Morgan fingerprint density at radius 3 is 2.41 bits per heavy atom. The molecule has 1 aliphatic rings. The van der Waals surface area contributed by atoms with Gasteiger partial charge in [0.2, 0.25) is 11.7 Å². The summed E-state index contributed by atoms with van der Waals surface area (Å²) in [5, 5.41) is 2.46. The molecule has 2 N–H and O–H groups in total. The molecule has 0 unspecified atom stereocenters. The van der Waals surface area contributed by atoms with Crippen molar-refractivity contribution in [1.82, 2.24) is 15.3 Å². The van der Waals surface area contributed by atoms with Crippen LogP contribution in [0.3, 0.4) is 0 Å². The van der Waals surface area contributed by atoms with Crippen LogP contribution in [0.15, 0.2) is 35.1 Å². The van der Waals surface area contributed by atoms with E-state index in [0.29, 0.717) is 6.07 Å². The Morgan fingerprint density at radius 2 is 1.77 bits per heavy atom. The Balaban J connectivity index is 1.44. The van der Waals surface area contributed by atoms with E-state index in [2.05, 4.69) is 10.3 Å². The molecule has 6 nitrogen and oxygen atoms in total. The van der Waals surface area contributed by atoms with Gasteiger partial charge in [0.05, 0.1) is 29.5 Å². The summed E-state index contributed by atoms with van der Waals surface area (Å²) in [4.78, 5) is 29.9. The average molecular weight is 557 g/mol. The van der Waals surface area contributed by atoms with E-state index in [1.165, 1.54) is 13.0 Å². The Morgan fingerprint density at radius 1 is 1.08 bits per heavy atom. The van der Waals surface area contributed by atoms with Crippen molar-refractivity contribution in [2.75, 3.05) is 0 Å². The zero-order chi connectivity index (χ0) is 28.5. The zero-order valence-electron chi connectivity index (χ0n) is 20.4. The summed E-state index contributed by atoms with van der Waals surface area (Å²) in [5.41, 5.74) is -4.42. The van der Waals surface area contributed by atoms with Crippen LogP contribution in [0.5, 0.6) is 0 Å². The summed E-state index contributed by atoms with van der Waals surface area (Å²) in [6.07, 6.45) is -4.96. The summed E-state index contributed by atoms with van der Waals surface area (Å²) in [7, 11) is 0. The molecule has 1 heterocycles. The molecule has 0 bridgehead atoms. The first-order valence-electron chi connectivity index (χ1n) is 11.9. The Bertz CT molecular complexity index is 1450. The topological polar surface area (TPSA) is 84.1 Å². The SMILES string of the molecule is CCc1nc(-c2c(C(F)(F)F)ccc(CNC(=O)[C@H]3C[C@H](OCc4ccc(F)cc4F)C3)c2F)[nH]c(=O)c1F. The second-order valence-electron chi connectivity index (χ2n) is 9.04. The van der Waals surface area contributed by atoms with E-state index in [9.17, 15) is 35.9 Å². The number of benzene rings is 2. The number of aryl methyl sites for hydroxylation is 1. The molecule has 0 spiro atoms. The van der Waals surface area contributed by atoms with Crippen LogP contribution in [0.4, 0.5) is 30.7 Å². The van der Waals surface area contributed by atoms with E-state index in [-0.39, 0.29) is 43.1 Å². The van der Waals surface area contributed by atoms with E-state index >= 15 is 4.39 Å². The normalized spacial score (nSPS) is 17.1. The molecular weight excluding hydrogens is 535 g/mol. The lowest BCUT2D eigenvalue weighted by Crippen LogP contribution is -2.42. The average Bonchev–Trinajstić information content (AvgIpc) is 2.84.